The molecule has 7 nitrogen and oxygen atoms in total. The van der Waals surface area contributed by atoms with Gasteiger partial charge in [-0.3, -0.25) is 0 Å². The molecule has 4 heterocycles. The number of hydrogen-bond acceptors (Lipinski definition) is 7. The van der Waals surface area contributed by atoms with Crippen LogP contribution in [-0.2, 0) is 0 Å². The van der Waals surface area contributed by atoms with E-state index in [1.165, 1.54) is 6.33 Å². The average molecular weight is 456 g/mol. The Hall–Kier alpha value is -3.36. The zero-order chi connectivity index (χ0) is 22.4. The van der Waals surface area contributed by atoms with Gasteiger partial charge in [0.2, 0.25) is 0 Å². The van der Waals surface area contributed by atoms with Crippen LogP contribution in [0.1, 0.15) is 37.4 Å². The van der Waals surface area contributed by atoms with Crippen molar-refractivity contribution < 1.29 is 0 Å². The molecule has 0 unspecified atom stereocenters. The Balaban J connectivity index is 1.47. The van der Waals surface area contributed by atoms with Crippen LogP contribution >= 0.6 is 11.3 Å². The third kappa shape index (κ3) is 3.55. The van der Waals surface area contributed by atoms with Crippen LogP contribution in [0.2, 0.25) is 0 Å². The van der Waals surface area contributed by atoms with Crippen molar-refractivity contribution >= 4 is 33.6 Å². The maximum absolute atomic E-state index is 6.34. The summed E-state index contributed by atoms with van der Waals surface area (Å²) < 4.78 is 1.89. The first-order valence-electron chi connectivity index (χ1n) is 11.4. The third-order valence-electron chi connectivity index (χ3n) is 6.77. The first kappa shape index (κ1) is 20.3. The summed E-state index contributed by atoms with van der Waals surface area (Å²) in [6, 6.07) is 14.6. The van der Waals surface area contributed by atoms with E-state index in [4.69, 9.17) is 21.4 Å². The highest BCUT2D eigenvalue weighted by atomic mass is 32.1. The minimum absolute atomic E-state index is 0.340. The molecule has 5 aromatic rings. The van der Waals surface area contributed by atoms with E-state index in [0.717, 1.165) is 76.3 Å². The predicted molar refractivity (Wildman–Crippen MR) is 133 cm³/mol. The number of benzene rings is 1. The molecule has 0 bridgehead atoms. The fraction of sp³-hybridized carbons (Fsp3) is 0.280. The maximum atomic E-state index is 6.34. The van der Waals surface area contributed by atoms with Gasteiger partial charge in [-0.15, -0.1) is 11.3 Å². The molecule has 1 aliphatic rings. The van der Waals surface area contributed by atoms with Gasteiger partial charge in [0.05, 0.1) is 16.1 Å². The van der Waals surface area contributed by atoms with Crippen LogP contribution in [-0.4, -0.2) is 31.1 Å². The molecule has 166 valence electrons. The molecular weight excluding hydrogens is 430 g/mol. The minimum atomic E-state index is 0.340. The molecule has 1 fully saturated rings. The van der Waals surface area contributed by atoms with Gasteiger partial charge in [0.1, 0.15) is 23.4 Å². The van der Waals surface area contributed by atoms with Gasteiger partial charge < -0.3 is 11.5 Å². The Morgan fingerprint density at radius 1 is 1.03 bits per heavy atom. The van der Waals surface area contributed by atoms with Gasteiger partial charge in [0.25, 0.3) is 0 Å². The van der Waals surface area contributed by atoms with Crippen molar-refractivity contribution in [3.8, 4) is 21.8 Å². The number of thiophene rings is 1. The molecule has 0 aliphatic heterocycles. The van der Waals surface area contributed by atoms with Gasteiger partial charge in [-0.05, 0) is 61.7 Å². The molecule has 4 aromatic heterocycles. The number of nitrogens with two attached hydrogens (primary N) is 2. The van der Waals surface area contributed by atoms with Gasteiger partial charge in [-0.1, -0.05) is 24.3 Å². The monoisotopic (exact) mass is 455 g/mol. The molecule has 0 spiro atoms. The van der Waals surface area contributed by atoms with Crippen LogP contribution < -0.4 is 11.5 Å². The lowest BCUT2D eigenvalue weighted by molar-refractivity contribution is 0.323. The van der Waals surface area contributed by atoms with Crippen LogP contribution in [0.4, 0.5) is 5.82 Å². The quantitative estimate of drug-likeness (QED) is 0.400. The van der Waals surface area contributed by atoms with Crippen molar-refractivity contribution in [3.63, 3.8) is 0 Å². The molecule has 8 heteroatoms. The van der Waals surface area contributed by atoms with E-state index in [1.54, 1.807) is 11.3 Å². The fourth-order valence-electron chi connectivity index (χ4n) is 4.93. The maximum Gasteiger partial charge on any atom is 0.153 e. The number of aromatic nitrogens is 5. The van der Waals surface area contributed by atoms with Crippen LogP contribution in [0.25, 0.3) is 38.2 Å². The summed E-state index contributed by atoms with van der Waals surface area (Å²) in [5, 5.41) is 7.70. The second-order valence-corrected chi connectivity index (χ2v) is 9.71. The zero-order valence-electron chi connectivity index (χ0n) is 18.2. The van der Waals surface area contributed by atoms with E-state index in [1.807, 2.05) is 10.6 Å². The summed E-state index contributed by atoms with van der Waals surface area (Å²) in [5.41, 5.74) is 16.7. The largest absolute Gasteiger partial charge is 0.382 e. The van der Waals surface area contributed by atoms with Crippen molar-refractivity contribution in [3.05, 3.63) is 60.0 Å². The summed E-state index contributed by atoms with van der Waals surface area (Å²) in [6.45, 7) is 0.757. The number of imidazole rings is 1. The summed E-state index contributed by atoms with van der Waals surface area (Å²) in [5.74, 6) is 2.35. The highest BCUT2D eigenvalue weighted by Crippen LogP contribution is 2.38. The van der Waals surface area contributed by atoms with Crippen molar-refractivity contribution in [2.24, 2.45) is 11.7 Å². The van der Waals surface area contributed by atoms with Crippen LogP contribution in [0.15, 0.2) is 54.2 Å². The standard InChI is InChI=1S/C25H25N7S/c26-13-15-3-5-17(6-4-15)25-31-22(23-24(27)28-14-29-32(23)25)18-8-7-16-9-10-19(30-20(16)12-18)21-2-1-11-33-21/h1-2,7-12,14-15,17H,3-6,13,26H2,(H2,27,28,29). The first-order valence-corrected chi connectivity index (χ1v) is 12.2. The molecular formula is C25H25N7S. The van der Waals surface area contributed by atoms with E-state index in [-0.39, 0.29) is 0 Å². The van der Waals surface area contributed by atoms with Crippen molar-refractivity contribution in [1.29, 1.82) is 0 Å². The number of nitrogen functional groups attached to an aromatic ring is 1. The number of hydrogen-bond donors (Lipinski definition) is 2. The lowest BCUT2D eigenvalue weighted by Crippen LogP contribution is -2.21. The van der Waals surface area contributed by atoms with E-state index >= 15 is 0 Å². The number of rotatable bonds is 4. The van der Waals surface area contributed by atoms with E-state index in [0.29, 0.717) is 17.7 Å². The number of fused-ring (bicyclic) bond motifs is 2. The summed E-state index contributed by atoms with van der Waals surface area (Å²) in [6.07, 6.45) is 5.88. The highest BCUT2D eigenvalue weighted by molar-refractivity contribution is 7.13. The van der Waals surface area contributed by atoms with E-state index in [2.05, 4.69) is 51.9 Å². The van der Waals surface area contributed by atoms with Crippen LogP contribution in [0.3, 0.4) is 0 Å². The smallest absolute Gasteiger partial charge is 0.153 e. The zero-order valence-corrected chi connectivity index (χ0v) is 19.0. The third-order valence-corrected chi connectivity index (χ3v) is 7.66. The highest BCUT2D eigenvalue weighted by Gasteiger charge is 2.27. The Bertz CT molecular complexity index is 1430. The van der Waals surface area contributed by atoms with Crippen molar-refractivity contribution in [2.45, 2.75) is 31.6 Å². The molecule has 0 radical (unpaired) electrons. The van der Waals surface area contributed by atoms with Crippen molar-refractivity contribution in [2.75, 3.05) is 12.3 Å². The summed E-state index contributed by atoms with van der Waals surface area (Å²) >= 11 is 1.69. The van der Waals surface area contributed by atoms with Gasteiger partial charge in [-0.2, -0.15) is 5.10 Å². The Morgan fingerprint density at radius 3 is 2.67 bits per heavy atom. The molecule has 33 heavy (non-hydrogen) atoms. The Kier molecular flexibility index (Phi) is 5.04. The lowest BCUT2D eigenvalue weighted by atomic mass is 9.82. The topological polar surface area (TPSA) is 108 Å². The number of pyridine rings is 1. The molecule has 1 saturated carbocycles. The molecule has 0 amide bonds. The van der Waals surface area contributed by atoms with E-state index in [9.17, 15) is 0 Å². The van der Waals surface area contributed by atoms with E-state index < -0.39 is 0 Å². The molecule has 0 atom stereocenters. The Morgan fingerprint density at radius 2 is 1.88 bits per heavy atom. The summed E-state index contributed by atoms with van der Waals surface area (Å²) in [4.78, 5) is 15.4. The van der Waals surface area contributed by atoms with Gasteiger partial charge >= 0.3 is 0 Å². The second-order valence-electron chi connectivity index (χ2n) is 8.76. The number of anilines is 1. The first-order chi connectivity index (χ1) is 16.2. The van der Waals surface area contributed by atoms with Gasteiger partial charge in [0, 0.05) is 16.9 Å². The minimum Gasteiger partial charge on any atom is -0.382 e. The Labute approximate surface area is 195 Å². The lowest BCUT2D eigenvalue weighted by Gasteiger charge is -2.26. The van der Waals surface area contributed by atoms with Gasteiger partial charge in [-0.25, -0.2) is 19.5 Å². The second kappa shape index (κ2) is 8.20. The predicted octanol–water partition coefficient (Wildman–Crippen LogP) is 4.88. The van der Waals surface area contributed by atoms with Crippen LogP contribution in [0.5, 0.6) is 0 Å². The summed E-state index contributed by atoms with van der Waals surface area (Å²) in [7, 11) is 0. The normalized spacial score (nSPS) is 18.8. The average Bonchev–Trinajstić information content (AvgIpc) is 3.53. The number of nitrogens with zero attached hydrogens (tertiary/aromatic N) is 5. The van der Waals surface area contributed by atoms with Gasteiger partial charge in [0.15, 0.2) is 5.82 Å². The molecule has 6 rings (SSSR count). The molecule has 4 N–H and O–H groups in total. The molecule has 1 aromatic carbocycles. The SMILES string of the molecule is NCC1CCC(c2nc(-c3ccc4ccc(-c5cccs5)nc4c3)c3c(N)ncnn23)CC1. The molecule has 0 saturated heterocycles. The fourth-order valence-corrected chi connectivity index (χ4v) is 5.62. The van der Waals surface area contributed by atoms with Crippen molar-refractivity contribution in [1.82, 2.24) is 24.6 Å². The van der Waals surface area contributed by atoms with Crippen LogP contribution in [0, 0.1) is 5.92 Å². The molecule has 1 aliphatic carbocycles.